The molecule has 0 unspecified atom stereocenters. The predicted octanol–water partition coefficient (Wildman–Crippen LogP) is 15.5. The van der Waals surface area contributed by atoms with Gasteiger partial charge in [-0.1, -0.05) is 121 Å². The van der Waals surface area contributed by atoms with Gasteiger partial charge in [-0.2, -0.15) is 132 Å². The number of ether oxygens (including phenoxy) is 1. The van der Waals surface area contributed by atoms with E-state index < -0.39 is 201 Å². The van der Waals surface area contributed by atoms with Crippen LogP contribution in [0, 0.1) is 0 Å². The Labute approximate surface area is 462 Å². The number of esters is 1. The Balaban J connectivity index is 0.000000306. The summed E-state index contributed by atoms with van der Waals surface area (Å²) < 4.78 is 348. The molecule has 0 aliphatic heterocycles. The molecular formula is C56H31BF24N2O2. The summed E-state index contributed by atoms with van der Waals surface area (Å²) in [5, 5.41) is 0. The molecule has 0 aliphatic rings. The highest BCUT2D eigenvalue weighted by atomic mass is 19.4. The molecule has 0 spiro atoms. The van der Waals surface area contributed by atoms with Crippen molar-refractivity contribution in [2.24, 2.45) is 0 Å². The number of halogens is 24. The number of hydrogen-bond donors (Lipinski definition) is 0. The van der Waals surface area contributed by atoms with Gasteiger partial charge in [0, 0.05) is 5.56 Å². The van der Waals surface area contributed by atoms with Gasteiger partial charge in [0.25, 0.3) is 0 Å². The molecule has 0 saturated heterocycles. The SMILES string of the molecule is FC(F)(F)c1cc([B-](c2cc(C(F)(F)F)cc(C(F)(F)F)c2)(c2cc(C(F)(F)F)cc(C(F)(F)F)c2)c2cc(C(F)(F)F)cc(C(F)(F)F)c2)cc(C(F)(F)F)c1.O=C(Oc1ccc(-c2ccccc2)cc1)c1cncc[n+]1Cc1ccccc1. The van der Waals surface area contributed by atoms with E-state index in [1.807, 2.05) is 77.4 Å². The minimum atomic E-state index is -6.13. The second-order valence-corrected chi connectivity index (χ2v) is 18.6. The number of rotatable bonds is 9. The fourth-order valence-electron chi connectivity index (χ4n) is 9.05. The molecule has 1 aromatic heterocycles. The van der Waals surface area contributed by atoms with E-state index in [2.05, 4.69) is 4.98 Å². The van der Waals surface area contributed by atoms with E-state index in [0.717, 1.165) is 16.7 Å². The smallest absolute Gasteiger partial charge is 0.416 e. The Morgan fingerprint density at radius 1 is 0.376 bits per heavy atom. The van der Waals surface area contributed by atoms with Crippen LogP contribution in [0.25, 0.3) is 11.1 Å². The zero-order valence-electron chi connectivity index (χ0n) is 41.8. The maximum Gasteiger partial charge on any atom is 0.416 e. The van der Waals surface area contributed by atoms with E-state index in [4.69, 9.17) is 4.74 Å². The summed E-state index contributed by atoms with van der Waals surface area (Å²) >= 11 is 0. The maximum absolute atomic E-state index is 14.2. The molecule has 0 fully saturated rings. The van der Waals surface area contributed by atoms with Crippen molar-refractivity contribution in [3.05, 3.63) is 232 Å². The second-order valence-electron chi connectivity index (χ2n) is 18.6. The topological polar surface area (TPSA) is 43.1 Å². The molecule has 0 bridgehead atoms. The Hall–Kier alpha value is -8.53. The van der Waals surface area contributed by atoms with Crippen LogP contribution in [0.5, 0.6) is 5.75 Å². The van der Waals surface area contributed by atoms with E-state index in [1.165, 1.54) is 6.20 Å². The molecule has 0 radical (unpaired) electrons. The standard InChI is InChI=1S/C32H12BF24.C24H19N2O2/c34-25(35,36)13-1-14(26(37,38)39)6-21(5-13)33(22-7-15(27(40,41)42)2-16(8-22)28(43,44)45,23-9-17(29(46,47)48)3-18(10-23)30(49,50)51)24-11-19(31(52,53)54)4-20(12-24)32(55,56)57;27-24(23-17-25-15-16-26(23)18-19-7-3-1-4-8-19)28-22-13-11-21(12-14-22)20-9-5-2-6-10-20/h1-12H;1-17H,18H2/q-1;+1. The van der Waals surface area contributed by atoms with Crippen LogP contribution in [0.3, 0.4) is 0 Å². The van der Waals surface area contributed by atoms with E-state index in [-0.39, 0.29) is 0 Å². The summed E-state index contributed by atoms with van der Waals surface area (Å²) in [6.07, 6.45) is -49.8. The monoisotopic (exact) mass is 1230 g/mol. The zero-order chi connectivity index (χ0) is 63.1. The number of carbonyl (C=O) groups excluding carboxylic acids is 1. The molecule has 7 aromatic carbocycles. The highest BCUT2D eigenvalue weighted by Crippen LogP contribution is 2.42. The molecule has 0 N–H and O–H groups in total. The highest BCUT2D eigenvalue weighted by Gasteiger charge is 2.47. The maximum atomic E-state index is 14.2. The highest BCUT2D eigenvalue weighted by molar-refractivity contribution is 7.20. The van der Waals surface area contributed by atoms with Crippen LogP contribution in [0.15, 0.2) is 176 Å². The first-order chi connectivity index (χ1) is 39.1. The number of benzene rings is 7. The van der Waals surface area contributed by atoms with E-state index in [9.17, 15) is 110 Å². The molecule has 0 saturated carbocycles. The van der Waals surface area contributed by atoms with Crippen molar-refractivity contribution in [1.29, 1.82) is 0 Å². The number of nitrogens with zero attached hydrogens (tertiary/aromatic N) is 2. The summed E-state index contributed by atoms with van der Waals surface area (Å²) in [6.45, 7) is 0.570. The van der Waals surface area contributed by atoms with Crippen molar-refractivity contribution in [3.63, 3.8) is 0 Å². The number of alkyl halides is 24. The number of aromatic nitrogens is 2. The van der Waals surface area contributed by atoms with Crippen molar-refractivity contribution in [1.82, 2.24) is 4.98 Å². The Kier molecular flexibility index (Phi) is 17.4. The van der Waals surface area contributed by atoms with Crippen LogP contribution in [0.1, 0.15) is 60.6 Å². The first-order valence-corrected chi connectivity index (χ1v) is 23.7. The molecule has 8 rings (SSSR count). The third kappa shape index (κ3) is 15.1. The van der Waals surface area contributed by atoms with Crippen LogP contribution in [0.2, 0.25) is 0 Å². The second kappa shape index (κ2) is 23.1. The largest absolute Gasteiger partial charge is 0.419 e. The molecule has 85 heavy (non-hydrogen) atoms. The average Bonchev–Trinajstić information content (AvgIpc) is 1.23. The lowest BCUT2D eigenvalue weighted by atomic mass is 9.12. The van der Waals surface area contributed by atoms with E-state index in [1.54, 1.807) is 24.5 Å². The van der Waals surface area contributed by atoms with Crippen molar-refractivity contribution in [2.75, 3.05) is 0 Å². The van der Waals surface area contributed by atoms with Gasteiger partial charge >= 0.3 is 61.1 Å². The van der Waals surface area contributed by atoms with Crippen LogP contribution in [-0.2, 0) is 56.0 Å². The first-order valence-electron chi connectivity index (χ1n) is 23.7. The summed E-state index contributed by atoms with van der Waals surface area (Å²) in [4.78, 5) is 16.8. The van der Waals surface area contributed by atoms with Gasteiger partial charge in [-0.25, -0.2) is 4.79 Å². The lowest BCUT2D eigenvalue weighted by Crippen LogP contribution is -2.75. The molecule has 448 valence electrons. The lowest BCUT2D eigenvalue weighted by Gasteiger charge is -2.46. The third-order valence-electron chi connectivity index (χ3n) is 12.9. The van der Waals surface area contributed by atoms with Crippen molar-refractivity contribution in [3.8, 4) is 16.9 Å². The fraction of sp³-hybridized carbons (Fsp3) is 0.161. The average molecular weight is 1230 g/mol. The van der Waals surface area contributed by atoms with Gasteiger partial charge in [0.05, 0.1) is 50.7 Å². The molecule has 4 nitrogen and oxygen atoms in total. The minimum absolute atomic E-state index is 0.401. The van der Waals surface area contributed by atoms with Gasteiger partial charge in [0.15, 0.2) is 12.7 Å². The Morgan fingerprint density at radius 2 is 0.659 bits per heavy atom. The van der Waals surface area contributed by atoms with Gasteiger partial charge in [0.1, 0.15) is 18.1 Å². The fourth-order valence-corrected chi connectivity index (χ4v) is 9.05. The lowest BCUT2D eigenvalue weighted by molar-refractivity contribution is -0.691. The number of hydrogen-bond acceptors (Lipinski definition) is 3. The van der Waals surface area contributed by atoms with E-state index in [0.29, 0.717) is 18.0 Å². The number of carbonyl (C=O) groups is 1. The Bertz CT molecular complexity index is 3240. The molecule has 0 atom stereocenters. The summed E-state index contributed by atoms with van der Waals surface area (Å²) in [5.74, 6) is 0.0660. The molecule has 8 aromatic rings. The molecule has 29 heteroatoms. The van der Waals surface area contributed by atoms with Gasteiger partial charge in [0.2, 0.25) is 0 Å². The molecule has 0 amide bonds. The van der Waals surface area contributed by atoms with Gasteiger partial charge in [-0.05, 0) is 47.5 Å². The van der Waals surface area contributed by atoms with Crippen LogP contribution in [-0.4, -0.2) is 17.1 Å². The summed E-state index contributed by atoms with van der Waals surface area (Å²) in [6, 6.07) is 18.7. The van der Waals surface area contributed by atoms with Crippen molar-refractivity contribution < 1.29 is 119 Å². The summed E-state index contributed by atoms with van der Waals surface area (Å²) in [7, 11) is 0. The van der Waals surface area contributed by atoms with Crippen LogP contribution >= 0.6 is 0 Å². The van der Waals surface area contributed by atoms with Gasteiger partial charge in [-0.15, -0.1) is 0 Å². The molecule has 1 heterocycles. The third-order valence-corrected chi connectivity index (χ3v) is 12.9. The Morgan fingerprint density at radius 3 is 0.953 bits per heavy atom. The first kappa shape index (κ1) is 64.0. The van der Waals surface area contributed by atoms with Crippen molar-refractivity contribution in [2.45, 2.75) is 56.0 Å². The zero-order valence-corrected chi connectivity index (χ0v) is 41.8. The van der Waals surface area contributed by atoms with Crippen LogP contribution < -0.4 is 31.2 Å². The van der Waals surface area contributed by atoms with Gasteiger partial charge in [-0.3, -0.25) is 4.98 Å². The van der Waals surface area contributed by atoms with E-state index >= 15 is 0 Å². The van der Waals surface area contributed by atoms with Crippen LogP contribution in [0.4, 0.5) is 105 Å². The quantitative estimate of drug-likeness (QED) is 0.0476. The molecular weight excluding hydrogens is 1200 g/mol. The predicted molar refractivity (Wildman–Crippen MR) is 257 cm³/mol. The minimum Gasteiger partial charge on any atom is -0.419 e. The summed E-state index contributed by atoms with van der Waals surface area (Å²) in [5.41, 5.74) is -26.5. The van der Waals surface area contributed by atoms with Gasteiger partial charge < -0.3 is 4.74 Å². The normalized spacial score (nSPS) is 13.0. The molecule has 0 aliphatic carbocycles. The van der Waals surface area contributed by atoms with Crippen molar-refractivity contribution >= 4 is 34.0 Å².